The first-order chi connectivity index (χ1) is 15.5. The molecule has 2 atom stereocenters. The minimum absolute atomic E-state index is 0.128. The molecule has 0 aromatic heterocycles. The van der Waals surface area contributed by atoms with Crippen LogP contribution in [0, 0.1) is 5.92 Å². The third kappa shape index (κ3) is 5.03. The second-order valence-corrected chi connectivity index (χ2v) is 7.88. The summed E-state index contributed by atoms with van der Waals surface area (Å²) in [5.41, 5.74) is 1.66. The van der Waals surface area contributed by atoms with E-state index < -0.39 is 23.8 Å². The molecule has 0 fully saturated rings. The van der Waals surface area contributed by atoms with E-state index in [2.05, 4.69) is 33.4 Å². The Bertz CT molecular complexity index is 1090. The summed E-state index contributed by atoms with van der Waals surface area (Å²) in [6, 6.07) is 12.5. The van der Waals surface area contributed by atoms with Gasteiger partial charge in [-0.15, -0.1) is 0 Å². The Balaban J connectivity index is 1.39. The Morgan fingerprint density at radius 2 is 1.56 bits per heavy atom. The third-order valence-electron chi connectivity index (χ3n) is 5.48. The first-order valence-corrected chi connectivity index (χ1v) is 10.6. The van der Waals surface area contributed by atoms with Gasteiger partial charge in [-0.3, -0.25) is 19.2 Å². The quantitative estimate of drug-likeness (QED) is 0.525. The summed E-state index contributed by atoms with van der Waals surface area (Å²) in [6.07, 6.45) is 6.21. The van der Waals surface area contributed by atoms with Crippen molar-refractivity contribution < 1.29 is 19.2 Å². The van der Waals surface area contributed by atoms with Crippen LogP contribution in [0.25, 0.3) is 0 Å². The number of carbonyl (C=O) groups excluding carboxylic acids is 4. The molecular formula is C24H24N4O4. The zero-order valence-corrected chi connectivity index (χ0v) is 17.4. The zero-order valence-electron chi connectivity index (χ0n) is 17.4. The molecule has 1 aliphatic heterocycles. The molecule has 0 radical (unpaired) electrons. The van der Waals surface area contributed by atoms with Gasteiger partial charge in [0.15, 0.2) is 0 Å². The largest absolute Gasteiger partial charge is 0.340 e. The fourth-order valence-corrected chi connectivity index (χ4v) is 3.85. The van der Waals surface area contributed by atoms with E-state index in [1.165, 1.54) is 0 Å². The molecule has 4 N–H and O–H groups in total. The molecule has 32 heavy (non-hydrogen) atoms. The molecular weight excluding hydrogens is 408 g/mol. The predicted octanol–water partition coefficient (Wildman–Crippen LogP) is 3.06. The molecule has 2 aromatic carbocycles. The normalized spacial score (nSPS) is 19.4. The van der Waals surface area contributed by atoms with E-state index in [-0.39, 0.29) is 18.2 Å². The van der Waals surface area contributed by atoms with Crippen LogP contribution in [0.15, 0.2) is 60.7 Å². The molecule has 4 rings (SSSR count). The van der Waals surface area contributed by atoms with Gasteiger partial charge >= 0.3 is 0 Å². The first-order valence-electron chi connectivity index (χ1n) is 10.6. The van der Waals surface area contributed by atoms with Crippen LogP contribution in [0.1, 0.15) is 36.0 Å². The average Bonchev–Trinajstić information content (AvgIpc) is 3.23. The van der Waals surface area contributed by atoms with Crippen LogP contribution in [0.3, 0.4) is 0 Å². The molecule has 1 unspecified atom stereocenters. The van der Waals surface area contributed by atoms with E-state index in [1.807, 2.05) is 0 Å². The van der Waals surface area contributed by atoms with Crippen LogP contribution in [-0.2, 0) is 14.4 Å². The lowest BCUT2D eigenvalue weighted by Crippen LogP contribution is -2.43. The lowest BCUT2D eigenvalue weighted by molar-refractivity contribution is -0.122. The van der Waals surface area contributed by atoms with E-state index in [9.17, 15) is 19.2 Å². The van der Waals surface area contributed by atoms with Crippen molar-refractivity contribution in [3.8, 4) is 0 Å². The van der Waals surface area contributed by atoms with Gasteiger partial charge < -0.3 is 21.3 Å². The highest BCUT2D eigenvalue weighted by atomic mass is 16.2. The molecule has 164 valence electrons. The minimum atomic E-state index is -1.02. The number of carbonyl (C=O) groups is 4. The fraction of sp³-hybridized carbons (Fsp3) is 0.250. The van der Waals surface area contributed by atoms with Gasteiger partial charge in [-0.05, 0) is 43.0 Å². The van der Waals surface area contributed by atoms with Crippen molar-refractivity contribution in [3.63, 3.8) is 0 Å². The van der Waals surface area contributed by atoms with Crippen molar-refractivity contribution in [1.29, 1.82) is 0 Å². The Hall–Kier alpha value is -3.94. The van der Waals surface area contributed by atoms with Crippen LogP contribution in [0.5, 0.6) is 0 Å². The van der Waals surface area contributed by atoms with Crippen LogP contribution >= 0.6 is 0 Å². The number of anilines is 3. The van der Waals surface area contributed by atoms with Crippen molar-refractivity contribution in [2.24, 2.45) is 5.92 Å². The van der Waals surface area contributed by atoms with E-state index in [1.54, 1.807) is 48.5 Å². The summed E-state index contributed by atoms with van der Waals surface area (Å²) in [6.45, 7) is 0. The van der Waals surface area contributed by atoms with Crippen LogP contribution in [-0.4, -0.2) is 29.7 Å². The smallest absolute Gasteiger partial charge is 0.254 e. The number of benzene rings is 2. The molecule has 0 spiro atoms. The Morgan fingerprint density at radius 1 is 0.906 bits per heavy atom. The van der Waals surface area contributed by atoms with E-state index in [0.29, 0.717) is 29.0 Å². The van der Waals surface area contributed by atoms with Gasteiger partial charge in [0.1, 0.15) is 6.04 Å². The number of rotatable bonds is 6. The number of allylic oxidation sites excluding steroid dienone is 2. The number of hydrogen-bond donors (Lipinski definition) is 4. The summed E-state index contributed by atoms with van der Waals surface area (Å²) in [4.78, 5) is 50.0. The molecule has 0 bridgehead atoms. The lowest BCUT2D eigenvalue weighted by Gasteiger charge is -2.16. The van der Waals surface area contributed by atoms with Crippen LogP contribution < -0.4 is 21.3 Å². The number of nitrogens with one attached hydrogen (secondary N) is 4. The van der Waals surface area contributed by atoms with Crippen molar-refractivity contribution in [2.45, 2.75) is 31.7 Å². The summed E-state index contributed by atoms with van der Waals surface area (Å²) in [5, 5.41) is 10.9. The number of hydrogen-bond acceptors (Lipinski definition) is 4. The number of para-hydroxylation sites is 3. The van der Waals surface area contributed by atoms with Crippen molar-refractivity contribution in [1.82, 2.24) is 5.32 Å². The molecule has 0 saturated carbocycles. The van der Waals surface area contributed by atoms with Crippen molar-refractivity contribution in [3.05, 3.63) is 66.2 Å². The standard InChI is InChI=1S/C24H24N4O4/c29-21(13-15-7-1-2-8-15)25-18-11-5-6-12-19(18)26-22(30)14-20-24(32)27-17-10-4-3-9-16(17)23(31)28-20/h1,3-7,9-12,15,20H,2,8,13-14H2,(H,25,29)(H,26,30)(H,27,32)(H,28,31)/t15?,20-/m0/s1. The van der Waals surface area contributed by atoms with Crippen LogP contribution in [0.2, 0.25) is 0 Å². The highest BCUT2D eigenvalue weighted by Gasteiger charge is 2.29. The molecule has 2 aliphatic rings. The van der Waals surface area contributed by atoms with Crippen molar-refractivity contribution in [2.75, 3.05) is 16.0 Å². The summed E-state index contributed by atoms with van der Waals surface area (Å²) >= 11 is 0. The zero-order chi connectivity index (χ0) is 22.5. The van der Waals surface area contributed by atoms with Gasteiger partial charge in [-0.2, -0.15) is 0 Å². The maximum absolute atomic E-state index is 12.7. The molecule has 2 aromatic rings. The lowest BCUT2D eigenvalue weighted by atomic mass is 10.0. The number of amides is 4. The molecule has 8 heteroatoms. The average molecular weight is 432 g/mol. The number of fused-ring (bicyclic) bond motifs is 1. The van der Waals surface area contributed by atoms with Gasteiger partial charge in [-0.25, -0.2) is 0 Å². The second kappa shape index (κ2) is 9.47. The van der Waals surface area contributed by atoms with Gasteiger partial charge in [0.05, 0.1) is 29.0 Å². The Morgan fingerprint density at radius 3 is 2.25 bits per heavy atom. The maximum atomic E-state index is 12.7. The summed E-state index contributed by atoms with van der Waals surface area (Å²) in [5.74, 6) is -1.25. The van der Waals surface area contributed by atoms with Crippen LogP contribution in [0.4, 0.5) is 17.1 Å². The molecule has 0 saturated heterocycles. The molecule has 1 heterocycles. The highest BCUT2D eigenvalue weighted by molar-refractivity contribution is 6.11. The molecule has 4 amide bonds. The highest BCUT2D eigenvalue weighted by Crippen LogP contribution is 2.25. The van der Waals surface area contributed by atoms with E-state index in [4.69, 9.17) is 0 Å². The topological polar surface area (TPSA) is 116 Å². The minimum Gasteiger partial charge on any atom is -0.340 e. The SMILES string of the molecule is O=C(CC1C=CCC1)Nc1ccccc1NC(=O)C[C@@H]1NC(=O)c2ccccc2NC1=O. The second-order valence-electron chi connectivity index (χ2n) is 7.88. The summed E-state index contributed by atoms with van der Waals surface area (Å²) < 4.78 is 0. The van der Waals surface area contributed by atoms with Gasteiger partial charge in [-0.1, -0.05) is 36.4 Å². The molecule has 8 nitrogen and oxygen atoms in total. The maximum Gasteiger partial charge on any atom is 0.254 e. The van der Waals surface area contributed by atoms with E-state index in [0.717, 1.165) is 12.8 Å². The van der Waals surface area contributed by atoms with Gasteiger partial charge in [0.2, 0.25) is 17.7 Å². The van der Waals surface area contributed by atoms with Gasteiger partial charge in [0.25, 0.3) is 5.91 Å². The van der Waals surface area contributed by atoms with Gasteiger partial charge in [0, 0.05) is 6.42 Å². The van der Waals surface area contributed by atoms with Crippen molar-refractivity contribution >= 4 is 40.7 Å². The van der Waals surface area contributed by atoms with E-state index >= 15 is 0 Å². The monoisotopic (exact) mass is 432 g/mol. The fourth-order valence-electron chi connectivity index (χ4n) is 3.85. The first kappa shape index (κ1) is 21.3. The third-order valence-corrected chi connectivity index (χ3v) is 5.48. The Kier molecular flexibility index (Phi) is 6.30. The Labute approximate surface area is 185 Å². The molecule has 1 aliphatic carbocycles. The summed E-state index contributed by atoms with van der Waals surface area (Å²) in [7, 11) is 0. The predicted molar refractivity (Wildman–Crippen MR) is 121 cm³/mol.